The molecule has 0 aromatic heterocycles. The fourth-order valence-electron chi connectivity index (χ4n) is 1.63. The van der Waals surface area contributed by atoms with Crippen molar-refractivity contribution in [2.24, 2.45) is 11.3 Å². The topological polar surface area (TPSA) is 20.3 Å². The molecule has 1 aliphatic rings. The average molecular weight is 258 g/mol. The number of rotatable bonds is 3. The van der Waals surface area contributed by atoms with Gasteiger partial charge in [0.05, 0.1) is 0 Å². The maximum atomic E-state index is 11.9. The van der Waals surface area contributed by atoms with E-state index in [4.69, 9.17) is 0 Å². The van der Waals surface area contributed by atoms with Gasteiger partial charge in [0.15, 0.2) is 0 Å². The minimum absolute atomic E-state index is 0.194. The Labute approximate surface area is 93.8 Å². The number of allylic oxidation sites excluding steroid dienone is 2. The zero-order chi connectivity index (χ0) is 10.8. The Morgan fingerprint density at radius 2 is 2.36 bits per heavy atom. The van der Waals surface area contributed by atoms with Gasteiger partial charge in [0, 0.05) is 29.4 Å². The van der Waals surface area contributed by atoms with Crippen LogP contribution in [0.5, 0.6) is 0 Å². The molecule has 0 spiro atoms. The van der Waals surface area contributed by atoms with E-state index in [9.17, 15) is 4.79 Å². The fourth-order valence-corrected chi connectivity index (χ4v) is 2.64. The molecule has 0 aromatic rings. The molecule has 1 rings (SSSR count). The maximum Gasteiger partial charge on any atom is 0.232 e. The number of hydrogen-bond donors (Lipinski definition) is 0. The first-order chi connectivity index (χ1) is 6.54. The lowest BCUT2D eigenvalue weighted by atomic mass is 9.83. The van der Waals surface area contributed by atoms with Crippen LogP contribution in [0.2, 0.25) is 0 Å². The fraction of sp³-hybridized carbons (Fsp3) is 0.545. The molecule has 0 N–H and O–H groups in total. The van der Waals surface area contributed by atoms with Gasteiger partial charge in [0.2, 0.25) is 5.91 Å². The Hall–Kier alpha value is -0.570. The first kappa shape index (κ1) is 11.5. The Balaban J connectivity index is 2.82. The lowest BCUT2D eigenvalue weighted by Gasteiger charge is -2.20. The summed E-state index contributed by atoms with van der Waals surface area (Å²) < 4.78 is 0. The number of alkyl halides is 1. The molecule has 1 atom stereocenters. The highest BCUT2D eigenvalue weighted by Crippen LogP contribution is 2.37. The van der Waals surface area contributed by atoms with Gasteiger partial charge in [-0.05, 0) is 6.08 Å². The van der Waals surface area contributed by atoms with Crippen LogP contribution in [0.25, 0.3) is 0 Å². The van der Waals surface area contributed by atoms with E-state index in [1.165, 1.54) is 0 Å². The summed E-state index contributed by atoms with van der Waals surface area (Å²) in [5.74, 6) is 0.574. The van der Waals surface area contributed by atoms with E-state index in [2.05, 4.69) is 22.5 Å². The molecule has 0 aromatic carbocycles. The minimum atomic E-state index is -0.255. The molecule has 1 fully saturated rings. The third kappa shape index (κ3) is 1.92. The molecular weight excluding hydrogens is 242 g/mol. The second-order valence-corrected chi connectivity index (χ2v) is 4.76. The molecule has 1 unspecified atom stereocenters. The lowest BCUT2D eigenvalue weighted by Crippen LogP contribution is -2.29. The highest BCUT2D eigenvalue weighted by Gasteiger charge is 2.45. The van der Waals surface area contributed by atoms with E-state index in [1.54, 1.807) is 23.3 Å². The third-order valence-corrected chi connectivity index (χ3v) is 3.62. The van der Waals surface area contributed by atoms with Gasteiger partial charge in [-0.3, -0.25) is 4.79 Å². The molecule has 1 amide bonds. The second-order valence-electron chi connectivity index (χ2n) is 4.11. The molecule has 0 radical (unpaired) electrons. The van der Waals surface area contributed by atoms with Crippen LogP contribution in [0, 0.1) is 11.3 Å². The first-order valence-corrected chi connectivity index (χ1v) is 5.82. The van der Waals surface area contributed by atoms with Gasteiger partial charge in [0.25, 0.3) is 0 Å². The zero-order valence-corrected chi connectivity index (χ0v) is 10.3. The number of likely N-dealkylation sites (tertiary alicyclic amines) is 1. The summed E-state index contributed by atoms with van der Waals surface area (Å²) in [5.41, 5.74) is -0.255. The Kier molecular flexibility index (Phi) is 3.53. The Bertz CT molecular complexity index is 270. The van der Waals surface area contributed by atoms with Crippen LogP contribution in [0.1, 0.15) is 13.8 Å². The van der Waals surface area contributed by atoms with Crippen molar-refractivity contribution in [3.05, 3.63) is 24.9 Å². The number of carbonyl (C=O) groups is 1. The van der Waals surface area contributed by atoms with Crippen molar-refractivity contribution in [3.63, 3.8) is 0 Å². The van der Waals surface area contributed by atoms with Crippen LogP contribution < -0.4 is 0 Å². The van der Waals surface area contributed by atoms with Gasteiger partial charge in [-0.25, -0.2) is 0 Å². The maximum absolute atomic E-state index is 11.9. The van der Waals surface area contributed by atoms with E-state index < -0.39 is 0 Å². The molecule has 14 heavy (non-hydrogen) atoms. The van der Waals surface area contributed by atoms with Crippen LogP contribution in [0.4, 0.5) is 0 Å². The van der Waals surface area contributed by atoms with Crippen molar-refractivity contribution in [2.45, 2.75) is 13.8 Å². The van der Waals surface area contributed by atoms with Gasteiger partial charge in [0.1, 0.15) is 0 Å². The van der Waals surface area contributed by atoms with Gasteiger partial charge in [-0.2, -0.15) is 0 Å². The van der Waals surface area contributed by atoms with Crippen molar-refractivity contribution in [2.75, 3.05) is 11.9 Å². The van der Waals surface area contributed by atoms with Gasteiger partial charge in [-0.1, -0.05) is 42.4 Å². The summed E-state index contributed by atoms with van der Waals surface area (Å²) in [7, 11) is 0. The molecule has 0 bridgehead atoms. The first-order valence-electron chi connectivity index (χ1n) is 4.70. The summed E-state index contributed by atoms with van der Waals surface area (Å²) in [5, 5.41) is 0.865. The molecule has 1 saturated heterocycles. The average Bonchev–Trinajstić information content (AvgIpc) is 2.37. The quantitative estimate of drug-likeness (QED) is 0.562. The molecule has 1 aliphatic heterocycles. The van der Waals surface area contributed by atoms with Crippen LogP contribution in [-0.2, 0) is 4.79 Å². The second kappa shape index (κ2) is 4.30. The van der Waals surface area contributed by atoms with Crippen LogP contribution in [0.3, 0.4) is 0 Å². The monoisotopic (exact) mass is 257 g/mol. The Morgan fingerprint density at radius 1 is 1.71 bits per heavy atom. The highest BCUT2D eigenvalue weighted by atomic mass is 79.9. The summed E-state index contributed by atoms with van der Waals surface area (Å²) in [4.78, 5) is 13.7. The summed E-state index contributed by atoms with van der Waals surface area (Å²) in [6.07, 6.45) is 5.28. The normalized spacial score (nSPS) is 26.1. The van der Waals surface area contributed by atoms with E-state index in [0.29, 0.717) is 5.92 Å². The van der Waals surface area contributed by atoms with Gasteiger partial charge >= 0.3 is 0 Å². The summed E-state index contributed by atoms with van der Waals surface area (Å²) in [6, 6.07) is 0. The predicted octanol–water partition coefficient (Wildman–Crippen LogP) is 2.57. The van der Waals surface area contributed by atoms with Gasteiger partial charge < -0.3 is 4.90 Å². The minimum Gasteiger partial charge on any atom is -0.318 e. The smallest absolute Gasteiger partial charge is 0.232 e. The molecule has 0 aliphatic carbocycles. The zero-order valence-electron chi connectivity index (χ0n) is 8.66. The standard InChI is InChI=1S/C11H16BrNO/c1-4-5-6-13-8-9(7-12)11(2,3)10(13)14/h4-6,9H,1,7-8H2,2-3H3/b6-5+. The van der Waals surface area contributed by atoms with Gasteiger partial charge in [-0.15, -0.1) is 0 Å². The molecular formula is C11H16BrNO. The van der Waals surface area contributed by atoms with Crippen molar-refractivity contribution < 1.29 is 4.79 Å². The van der Waals surface area contributed by atoms with Crippen molar-refractivity contribution in [3.8, 4) is 0 Å². The number of hydrogen-bond acceptors (Lipinski definition) is 1. The van der Waals surface area contributed by atoms with Crippen molar-refractivity contribution in [1.82, 2.24) is 4.90 Å². The molecule has 3 heteroatoms. The molecule has 1 heterocycles. The number of halogens is 1. The summed E-state index contributed by atoms with van der Waals surface area (Å²) >= 11 is 3.45. The van der Waals surface area contributed by atoms with Crippen molar-refractivity contribution >= 4 is 21.8 Å². The van der Waals surface area contributed by atoms with Crippen LogP contribution in [0.15, 0.2) is 24.9 Å². The molecule has 0 saturated carbocycles. The lowest BCUT2D eigenvalue weighted by molar-refractivity contribution is -0.132. The predicted molar refractivity (Wildman–Crippen MR) is 62.1 cm³/mol. The van der Waals surface area contributed by atoms with E-state index in [1.807, 2.05) is 13.8 Å². The van der Waals surface area contributed by atoms with E-state index in [-0.39, 0.29) is 11.3 Å². The third-order valence-electron chi connectivity index (χ3n) is 2.84. The molecule has 78 valence electrons. The number of amides is 1. The number of nitrogens with zero attached hydrogens (tertiary/aromatic N) is 1. The van der Waals surface area contributed by atoms with Crippen molar-refractivity contribution in [1.29, 1.82) is 0 Å². The number of carbonyl (C=O) groups excluding carboxylic acids is 1. The highest BCUT2D eigenvalue weighted by molar-refractivity contribution is 9.09. The largest absolute Gasteiger partial charge is 0.318 e. The Morgan fingerprint density at radius 3 is 2.79 bits per heavy atom. The van der Waals surface area contributed by atoms with Crippen LogP contribution in [-0.4, -0.2) is 22.7 Å². The summed E-state index contributed by atoms with van der Waals surface area (Å²) in [6.45, 7) is 8.39. The van der Waals surface area contributed by atoms with E-state index in [0.717, 1.165) is 11.9 Å². The van der Waals surface area contributed by atoms with E-state index >= 15 is 0 Å². The SMILES string of the molecule is C=C/C=C/N1CC(CBr)C(C)(C)C1=O. The van der Waals surface area contributed by atoms with Crippen LogP contribution >= 0.6 is 15.9 Å². The molecule has 2 nitrogen and oxygen atoms in total.